The van der Waals surface area contributed by atoms with Gasteiger partial charge in [-0.15, -0.1) is 0 Å². The van der Waals surface area contributed by atoms with E-state index in [0.29, 0.717) is 17.2 Å². The number of nitrogens with zero attached hydrogens (tertiary/aromatic N) is 1. The smallest absolute Gasteiger partial charge is 0.258 e. The van der Waals surface area contributed by atoms with Crippen molar-refractivity contribution in [1.29, 1.82) is 0 Å². The molecule has 3 nitrogen and oxygen atoms in total. The predicted octanol–water partition coefficient (Wildman–Crippen LogP) is 5.51. The highest BCUT2D eigenvalue weighted by atomic mass is 35.5. The van der Waals surface area contributed by atoms with Crippen LogP contribution < -0.4 is 9.64 Å². The Hall–Kier alpha value is -2.78. The van der Waals surface area contributed by atoms with Crippen LogP contribution in [0.4, 0.5) is 5.69 Å². The van der Waals surface area contributed by atoms with Gasteiger partial charge >= 0.3 is 0 Å². The summed E-state index contributed by atoms with van der Waals surface area (Å²) in [5.41, 5.74) is 3.87. The minimum atomic E-state index is 0.0285. The minimum Gasteiger partial charge on any atom is -0.489 e. The average molecular weight is 378 g/mol. The highest BCUT2D eigenvalue weighted by Crippen LogP contribution is 2.33. The second-order valence-electron chi connectivity index (χ2n) is 6.80. The third kappa shape index (κ3) is 3.69. The molecule has 4 rings (SSSR count). The molecule has 4 heteroatoms. The zero-order valence-electron chi connectivity index (χ0n) is 15.1. The van der Waals surface area contributed by atoms with Gasteiger partial charge in [0.2, 0.25) is 0 Å². The highest BCUT2D eigenvalue weighted by molar-refractivity contribution is 6.30. The van der Waals surface area contributed by atoms with Crippen LogP contribution >= 0.6 is 11.6 Å². The van der Waals surface area contributed by atoms with E-state index in [4.69, 9.17) is 16.3 Å². The molecule has 0 bridgehead atoms. The number of hydrogen-bond donors (Lipinski definition) is 0. The molecule has 1 unspecified atom stereocenters. The number of hydrogen-bond acceptors (Lipinski definition) is 2. The first-order chi connectivity index (χ1) is 13.1. The van der Waals surface area contributed by atoms with Gasteiger partial charge in [0.05, 0.1) is 0 Å². The van der Waals surface area contributed by atoms with Crippen LogP contribution in [-0.4, -0.2) is 11.9 Å². The molecular weight excluding hydrogens is 358 g/mol. The first kappa shape index (κ1) is 17.6. The number of benzene rings is 3. The lowest BCUT2D eigenvalue weighted by atomic mass is 10.1. The number of anilines is 1. The van der Waals surface area contributed by atoms with Crippen LogP contribution in [0.25, 0.3) is 0 Å². The van der Waals surface area contributed by atoms with Gasteiger partial charge in [-0.2, -0.15) is 0 Å². The highest BCUT2D eigenvalue weighted by Gasteiger charge is 2.31. The Morgan fingerprint density at radius 2 is 1.85 bits per heavy atom. The average Bonchev–Trinajstić information content (AvgIpc) is 3.03. The predicted molar refractivity (Wildman–Crippen MR) is 109 cm³/mol. The SMILES string of the molecule is CC1Cc2ccccc2N1C(=O)c1cccc(COc2ccc(Cl)cc2)c1. The number of fused-ring (bicyclic) bond motifs is 1. The van der Waals surface area contributed by atoms with E-state index < -0.39 is 0 Å². The van der Waals surface area contributed by atoms with Gasteiger partial charge in [-0.25, -0.2) is 0 Å². The van der Waals surface area contributed by atoms with E-state index in [2.05, 4.69) is 13.0 Å². The van der Waals surface area contributed by atoms with E-state index in [1.165, 1.54) is 5.56 Å². The molecule has 0 saturated carbocycles. The third-order valence-electron chi connectivity index (χ3n) is 4.82. The summed E-state index contributed by atoms with van der Waals surface area (Å²) in [5, 5.41) is 0.676. The molecule has 0 spiro atoms. The van der Waals surface area contributed by atoms with Crippen LogP contribution in [-0.2, 0) is 13.0 Å². The van der Waals surface area contributed by atoms with Crippen LogP contribution in [0, 0.1) is 0 Å². The maximum Gasteiger partial charge on any atom is 0.258 e. The fraction of sp³-hybridized carbons (Fsp3) is 0.174. The maximum atomic E-state index is 13.2. The molecule has 0 aliphatic carbocycles. The summed E-state index contributed by atoms with van der Waals surface area (Å²) in [5.74, 6) is 0.777. The Kier molecular flexibility index (Phi) is 4.87. The van der Waals surface area contributed by atoms with Gasteiger partial charge < -0.3 is 9.64 Å². The van der Waals surface area contributed by atoms with Gasteiger partial charge in [-0.1, -0.05) is 41.9 Å². The van der Waals surface area contributed by atoms with Crippen molar-refractivity contribution in [2.75, 3.05) is 4.90 Å². The summed E-state index contributed by atoms with van der Waals surface area (Å²) in [6.07, 6.45) is 0.890. The second-order valence-corrected chi connectivity index (χ2v) is 7.24. The molecule has 27 heavy (non-hydrogen) atoms. The van der Waals surface area contributed by atoms with Crippen molar-refractivity contribution >= 4 is 23.2 Å². The number of rotatable bonds is 4. The molecule has 0 saturated heterocycles. The van der Waals surface area contributed by atoms with Crippen LogP contribution in [0.15, 0.2) is 72.8 Å². The molecule has 0 N–H and O–H groups in total. The number of halogens is 1. The first-order valence-electron chi connectivity index (χ1n) is 9.00. The molecule has 0 radical (unpaired) electrons. The quantitative estimate of drug-likeness (QED) is 0.600. The van der Waals surface area contributed by atoms with E-state index in [1.807, 2.05) is 59.5 Å². The van der Waals surface area contributed by atoms with E-state index in [-0.39, 0.29) is 11.9 Å². The number of carbonyl (C=O) groups is 1. The lowest BCUT2D eigenvalue weighted by Crippen LogP contribution is -2.35. The summed E-state index contributed by atoms with van der Waals surface area (Å²) in [6, 6.07) is 23.2. The Morgan fingerprint density at radius 3 is 2.67 bits per heavy atom. The molecule has 1 aliphatic heterocycles. The lowest BCUT2D eigenvalue weighted by molar-refractivity contribution is 0.0981. The van der Waals surface area contributed by atoms with Gasteiger partial charge in [-0.3, -0.25) is 4.79 Å². The Bertz CT molecular complexity index is 968. The molecule has 0 aromatic heterocycles. The van der Waals surface area contributed by atoms with Gasteiger partial charge in [0.15, 0.2) is 0 Å². The Balaban J connectivity index is 1.52. The molecule has 1 heterocycles. The minimum absolute atomic E-state index is 0.0285. The van der Waals surface area contributed by atoms with Crippen LogP contribution in [0.2, 0.25) is 5.02 Å². The molecule has 136 valence electrons. The van der Waals surface area contributed by atoms with E-state index in [1.54, 1.807) is 12.1 Å². The second kappa shape index (κ2) is 7.45. The van der Waals surface area contributed by atoms with Crippen molar-refractivity contribution in [3.63, 3.8) is 0 Å². The Morgan fingerprint density at radius 1 is 1.07 bits per heavy atom. The van der Waals surface area contributed by atoms with E-state index in [9.17, 15) is 4.79 Å². The van der Waals surface area contributed by atoms with Gasteiger partial charge in [0, 0.05) is 22.3 Å². The normalized spacial score (nSPS) is 15.5. The monoisotopic (exact) mass is 377 g/mol. The first-order valence-corrected chi connectivity index (χ1v) is 9.38. The number of carbonyl (C=O) groups excluding carboxylic acids is 1. The number of para-hydroxylation sites is 1. The van der Waals surface area contributed by atoms with Crippen molar-refractivity contribution in [3.05, 3.63) is 94.5 Å². The summed E-state index contributed by atoms with van der Waals surface area (Å²) >= 11 is 5.90. The summed E-state index contributed by atoms with van der Waals surface area (Å²) in [6.45, 7) is 2.49. The van der Waals surface area contributed by atoms with Crippen LogP contribution in [0.1, 0.15) is 28.4 Å². The van der Waals surface area contributed by atoms with Gasteiger partial charge in [0.25, 0.3) is 5.91 Å². The zero-order chi connectivity index (χ0) is 18.8. The van der Waals surface area contributed by atoms with Crippen molar-refractivity contribution in [2.24, 2.45) is 0 Å². The Labute approximate surface area is 164 Å². The largest absolute Gasteiger partial charge is 0.489 e. The molecule has 3 aromatic carbocycles. The molecule has 0 fully saturated rings. The fourth-order valence-electron chi connectivity index (χ4n) is 3.51. The summed E-state index contributed by atoms with van der Waals surface area (Å²) in [7, 11) is 0. The lowest BCUT2D eigenvalue weighted by Gasteiger charge is -2.23. The number of amides is 1. The van der Waals surface area contributed by atoms with Gasteiger partial charge in [-0.05, 0) is 66.9 Å². The number of ether oxygens (including phenoxy) is 1. The van der Waals surface area contributed by atoms with Crippen LogP contribution in [0.3, 0.4) is 0 Å². The topological polar surface area (TPSA) is 29.5 Å². The zero-order valence-corrected chi connectivity index (χ0v) is 15.8. The van der Waals surface area contributed by atoms with E-state index in [0.717, 1.165) is 23.4 Å². The summed E-state index contributed by atoms with van der Waals surface area (Å²) in [4.78, 5) is 15.1. The molecule has 1 amide bonds. The molecule has 1 aliphatic rings. The maximum absolute atomic E-state index is 13.2. The molecule has 3 aromatic rings. The van der Waals surface area contributed by atoms with Crippen LogP contribution in [0.5, 0.6) is 5.75 Å². The van der Waals surface area contributed by atoms with Crippen molar-refractivity contribution in [3.8, 4) is 5.75 Å². The van der Waals surface area contributed by atoms with Crippen molar-refractivity contribution < 1.29 is 9.53 Å². The van der Waals surface area contributed by atoms with Gasteiger partial charge in [0.1, 0.15) is 12.4 Å². The fourth-order valence-corrected chi connectivity index (χ4v) is 3.63. The standard InChI is InChI=1S/C23H20ClNO2/c1-16-13-18-6-2-3-8-22(18)25(16)23(26)19-7-4-5-17(14-19)15-27-21-11-9-20(24)10-12-21/h2-12,14,16H,13,15H2,1H3. The van der Waals surface area contributed by atoms with Crippen molar-refractivity contribution in [2.45, 2.75) is 26.0 Å². The van der Waals surface area contributed by atoms with E-state index >= 15 is 0 Å². The molecular formula is C23H20ClNO2. The molecule has 1 atom stereocenters. The third-order valence-corrected chi connectivity index (χ3v) is 5.07. The van der Waals surface area contributed by atoms with Crippen molar-refractivity contribution in [1.82, 2.24) is 0 Å². The summed E-state index contributed by atoms with van der Waals surface area (Å²) < 4.78 is 5.80.